The highest BCUT2D eigenvalue weighted by Gasteiger charge is 2.20. The lowest BCUT2D eigenvalue weighted by Crippen LogP contribution is -2.14. The summed E-state index contributed by atoms with van der Waals surface area (Å²) >= 11 is 0. The Labute approximate surface area is 95.5 Å². The maximum atomic E-state index is 8.81. The molecule has 0 amide bonds. The summed E-state index contributed by atoms with van der Waals surface area (Å²) in [5.41, 5.74) is 5.84. The molecule has 1 heterocycles. The summed E-state index contributed by atoms with van der Waals surface area (Å²) in [6, 6.07) is -0.251. The largest absolute Gasteiger partial charge is 0.396 e. The van der Waals surface area contributed by atoms with Crippen LogP contribution in [0.5, 0.6) is 0 Å². The third-order valence-electron chi connectivity index (χ3n) is 3.28. The van der Waals surface area contributed by atoms with Crippen LogP contribution in [-0.2, 0) is 0 Å². The Balaban J connectivity index is 2.00. The third kappa shape index (κ3) is 2.59. The fourth-order valence-corrected chi connectivity index (χ4v) is 2.28. The van der Waals surface area contributed by atoms with E-state index in [-0.39, 0.29) is 12.6 Å². The summed E-state index contributed by atoms with van der Waals surface area (Å²) in [5.74, 6) is 2.13. The van der Waals surface area contributed by atoms with Gasteiger partial charge in [-0.25, -0.2) is 4.98 Å². The minimum Gasteiger partial charge on any atom is -0.396 e. The molecule has 1 aliphatic carbocycles. The maximum Gasteiger partial charge on any atom is 0.167 e. The van der Waals surface area contributed by atoms with Crippen molar-refractivity contribution in [3.05, 3.63) is 11.6 Å². The Hall–Kier alpha value is -0.940. The standard InChI is InChI=1S/C11H20N4O/c12-9(6-7-16)11-13-10(14-15-11)8-4-2-1-3-5-8/h8-9,16H,1-7,12H2,(H,13,14,15). The van der Waals surface area contributed by atoms with E-state index in [4.69, 9.17) is 10.8 Å². The van der Waals surface area contributed by atoms with Gasteiger partial charge in [0.1, 0.15) is 5.82 Å². The summed E-state index contributed by atoms with van der Waals surface area (Å²) in [4.78, 5) is 4.45. The topological polar surface area (TPSA) is 87.8 Å². The zero-order valence-electron chi connectivity index (χ0n) is 9.52. The highest BCUT2D eigenvalue weighted by atomic mass is 16.3. The van der Waals surface area contributed by atoms with E-state index in [0.29, 0.717) is 18.2 Å². The quantitative estimate of drug-likeness (QED) is 0.718. The smallest absolute Gasteiger partial charge is 0.167 e. The van der Waals surface area contributed by atoms with Crippen molar-refractivity contribution in [2.75, 3.05) is 6.61 Å². The van der Waals surface area contributed by atoms with E-state index in [0.717, 1.165) is 5.82 Å². The van der Waals surface area contributed by atoms with E-state index >= 15 is 0 Å². The molecule has 0 saturated heterocycles. The van der Waals surface area contributed by atoms with Gasteiger partial charge < -0.3 is 10.8 Å². The van der Waals surface area contributed by atoms with Gasteiger partial charge in [-0.3, -0.25) is 5.10 Å². The highest BCUT2D eigenvalue weighted by Crippen LogP contribution is 2.30. The van der Waals surface area contributed by atoms with E-state index < -0.39 is 0 Å². The number of nitrogens with two attached hydrogens (primary N) is 1. The number of hydrogen-bond donors (Lipinski definition) is 3. The van der Waals surface area contributed by atoms with E-state index in [1.807, 2.05) is 0 Å². The van der Waals surface area contributed by atoms with E-state index in [1.54, 1.807) is 0 Å². The first-order valence-corrected chi connectivity index (χ1v) is 6.10. The Morgan fingerprint density at radius 1 is 1.38 bits per heavy atom. The molecule has 1 aromatic heterocycles. The van der Waals surface area contributed by atoms with Crippen LogP contribution in [0.1, 0.15) is 62.1 Å². The van der Waals surface area contributed by atoms with Crippen LogP contribution in [0, 0.1) is 0 Å². The number of H-pyrrole nitrogens is 1. The summed E-state index contributed by atoms with van der Waals surface area (Å²) < 4.78 is 0. The van der Waals surface area contributed by atoms with Crippen LogP contribution in [-0.4, -0.2) is 26.9 Å². The Morgan fingerprint density at radius 2 is 2.12 bits per heavy atom. The molecule has 0 aromatic carbocycles. The van der Waals surface area contributed by atoms with Gasteiger partial charge in [0.05, 0.1) is 6.04 Å². The second-order valence-corrected chi connectivity index (χ2v) is 4.53. The average molecular weight is 224 g/mol. The second kappa shape index (κ2) is 5.41. The predicted molar refractivity (Wildman–Crippen MR) is 60.8 cm³/mol. The Morgan fingerprint density at radius 3 is 2.81 bits per heavy atom. The number of nitrogens with zero attached hydrogens (tertiary/aromatic N) is 2. The zero-order chi connectivity index (χ0) is 11.4. The highest BCUT2D eigenvalue weighted by molar-refractivity contribution is 5.01. The van der Waals surface area contributed by atoms with E-state index in [2.05, 4.69) is 15.2 Å². The number of nitrogens with one attached hydrogen (secondary N) is 1. The molecular weight excluding hydrogens is 204 g/mol. The van der Waals surface area contributed by atoms with Crippen molar-refractivity contribution < 1.29 is 5.11 Å². The van der Waals surface area contributed by atoms with Gasteiger partial charge in [0.15, 0.2) is 5.82 Å². The molecule has 4 N–H and O–H groups in total. The van der Waals surface area contributed by atoms with Gasteiger partial charge >= 0.3 is 0 Å². The van der Waals surface area contributed by atoms with E-state index in [1.165, 1.54) is 32.1 Å². The number of aromatic amines is 1. The minimum absolute atomic E-state index is 0.0778. The second-order valence-electron chi connectivity index (χ2n) is 4.53. The van der Waals surface area contributed by atoms with Crippen molar-refractivity contribution in [3.63, 3.8) is 0 Å². The van der Waals surface area contributed by atoms with Gasteiger partial charge in [-0.05, 0) is 19.3 Å². The van der Waals surface area contributed by atoms with Crippen LogP contribution < -0.4 is 5.73 Å². The maximum absolute atomic E-state index is 8.81. The number of rotatable bonds is 4. The molecule has 90 valence electrons. The SMILES string of the molecule is NC(CCO)c1n[nH]c(C2CCCCC2)n1. The molecule has 1 aliphatic rings. The average Bonchev–Trinajstić information content (AvgIpc) is 2.80. The number of aliphatic hydroxyl groups is 1. The first-order valence-electron chi connectivity index (χ1n) is 6.10. The van der Waals surface area contributed by atoms with Crippen molar-refractivity contribution in [1.82, 2.24) is 15.2 Å². The minimum atomic E-state index is -0.251. The summed E-state index contributed by atoms with van der Waals surface area (Å²) in [7, 11) is 0. The van der Waals surface area contributed by atoms with Crippen molar-refractivity contribution in [2.45, 2.75) is 50.5 Å². The predicted octanol–water partition coefficient (Wildman–Crippen LogP) is 1.23. The lowest BCUT2D eigenvalue weighted by molar-refractivity contribution is 0.274. The number of hydrogen-bond acceptors (Lipinski definition) is 4. The van der Waals surface area contributed by atoms with Gasteiger partial charge in [0.25, 0.3) is 0 Å². The van der Waals surface area contributed by atoms with Gasteiger partial charge in [0.2, 0.25) is 0 Å². The molecule has 16 heavy (non-hydrogen) atoms. The van der Waals surface area contributed by atoms with Crippen molar-refractivity contribution in [1.29, 1.82) is 0 Å². The molecule has 1 aromatic rings. The molecule has 1 fully saturated rings. The van der Waals surface area contributed by atoms with E-state index in [9.17, 15) is 0 Å². The van der Waals surface area contributed by atoms with Crippen LogP contribution in [0.2, 0.25) is 0 Å². The molecule has 0 aliphatic heterocycles. The Bertz CT molecular complexity index is 320. The molecule has 1 unspecified atom stereocenters. The van der Waals surface area contributed by atoms with Crippen molar-refractivity contribution in [3.8, 4) is 0 Å². The summed E-state index contributed by atoms with van der Waals surface area (Å²) in [5, 5.41) is 15.9. The fraction of sp³-hybridized carbons (Fsp3) is 0.818. The first-order chi connectivity index (χ1) is 7.81. The lowest BCUT2D eigenvalue weighted by atomic mass is 9.89. The normalized spacial score (nSPS) is 19.9. The van der Waals surface area contributed by atoms with Crippen LogP contribution >= 0.6 is 0 Å². The van der Waals surface area contributed by atoms with Gasteiger partial charge in [-0.15, -0.1) is 0 Å². The molecular formula is C11H20N4O. The summed E-state index contributed by atoms with van der Waals surface area (Å²) in [6.45, 7) is 0.0778. The zero-order valence-corrected chi connectivity index (χ0v) is 9.52. The number of aromatic nitrogens is 3. The molecule has 1 saturated carbocycles. The lowest BCUT2D eigenvalue weighted by Gasteiger charge is -2.18. The van der Waals surface area contributed by atoms with Gasteiger partial charge in [-0.1, -0.05) is 19.3 Å². The van der Waals surface area contributed by atoms with Crippen LogP contribution in [0.25, 0.3) is 0 Å². The molecule has 2 rings (SSSR count). The van der Waals surface area contributed by atoms with Crippen molar-refractivity contribution in [2.24, 2.45) is 5.73 Å². The summed E-state index contributed by atoms with van der Waals surface area (Å²) in [6.07, 6.45) is 6.81. The Kier molecular flexibility index (Phi) is 3.90. The molecule has 5 heteroatoms. The molecule has 0 radical (unpaired) electrons. The van der Waals surface area contributed by atoms with Gasteiger partial charge in [0, 0.05) is 12.5 Å². The number of aliphatic hydroxyl groups excluding tert-OH is 1. The van der Waals surface area contributed by atoms with Crippen molar-refractivity contribution >= 4 is 0 Å². The molecule has 5 nitrogen and oxygen atoms in total. The monoisotopic (exact) mass is 224 g/mol. The molecule has 0 bridgehead atoms. The fourth-order valence-electron chi connectivity index (χ4n) is 2.28. The van der Waals surface area contributed by atoms with Crippen LogP contribution in [0.3, 0.4) is 0 Å². The van der Waals surface area contributed by atoms with Gasteiger partial charge in [-0.2, -0.15) is 5.10 Å². The third-order valence-corrected chi connectivity index (χ3v) is 3.28. The van der Waals surface area contributed by atoms with Crippen LogP contribution in [0.4, 0.5) is 0 Å². The van der Waals surface area contributed by atoms with Crippen LogP contribution in [0.15, 0.2) is 0 Å². The molecule has 0 spiro atoms. The first kappa shape index (κ1) is 11.5. The molecule has 1 atom stereocenters.